The number of fused-ring (bicyclic) bond motifs is 1. The standard InChI is InChI=1S/C13H21N3O/c1-3-5-15-13(17)9-16-8-10-6-14-7-11(10)12(16)4-2/h1,10-12,14H,4-9H2,2H3,(H,15,17). The Hall–Kier alpha value is -1.05. The molecule has 2 aliphatic heterocycles. The van der Waals surface area contributed by atoms with Crippen LogP contribution in [0.5, 0.6) is 0 Å². The maximum absolute atomic E-state index is 11.7. The Morgan fingerprint density at radius 1 is 1.59 bits per heavy atom. The molecule has 4 heteroatoms. The number of nitrogens with one attached hydrogen (secondary N) is 2. The molecule has 0 aliphatic carbocycles. The van der Waals surface area contributed by atoms with Gasteiger partial charge in [-0.15, -0.1) is 6.42 Å². The Morgan fingerprint density at radius 3 is 3.12 bits per heavy atom. The molecule has 4 nitrogen and oxygen atoms in total. The first kappa shape index (κ1) is 12.4. The van der Waals surface area contributed by atoms with Crippen molar-refractivity contribution in [3.05, 3.63) is 0 Å². The van der Waals surface area contributed by atoms with Crippen molar-refractivity contribution in [2.45, 2.75) is 19.4 Å². The fourth-order valence-electron chi connectivity index (χ4n) is 3.24. The fourth-order valence-corrected chi connectivity index (χ4v) is 3.24. The third kappa shape index (κ3) is 2.62. The maximum atomic E-state index is 11.7. The van der Waals surface area contributed by atoms with Crippen LogP contribution in [0.25, 0.3) is 0 Å². The molecular weight excluding hydrogens is 214 g/mol. The summed E-state index contributed by atoms with van der Waals surface area (Å²) in [5.41, 5.74) is 0. The molecule has 2 fully saturated rings. The zero-order chi connectivity index (χ0) is 12.3. The first-order chi connectivity index (χ1) is 8.26. The first-order valence-corrected chi connectivity index (χ1v) is 6.41. The van der Waals surface area contributed by atoms with Crippen molar-refractivity contribution in [1.82, 2.24) is 15.5 Å². The second-order valence-corrected chi connectivity index (χ2v) is 4.97. The lowest BCUT2D eigenvalue weighted by atomic mass is 9.93. The van der Waals surface area contributed by atoms with Crippen LogP contribution in [0.4, 0.5) is 0 Å². The topological polar surface area (TPSA) is 44.4 Å². The van der Waals surface area contributed by atoms with Crippen LogP contribution in [-0.2, 0) is 4.79 Å². The molecule has 3 unspecified atom stereocenters. The van der Waals surface area contributed by atoms with Gasteiger partial charge in [0.25, 0.3) is 0 Å². The highest BCUT2D eigenvalue weighted by molar-refractivity contribution is 5.78. The van der Waals surface area contributed by atoms with E-state index < -0.39 is 0 Å². The third-order valence-corrected chi connectivity index (χ3v) is 3.98. The van der Waals surface area contributed by atoms with E-state index in [4.69, 9.17) is 6.42 Å². The number of hydrogen-bond donors (Lipinski definition) is 2. The average Bonchev–Trinajstić information content (AvgIpc) is 2.86. The van der Waals surface area contributed by atoms with Gasteiger partial charge in [-0.05, 0) is 31.3 Å². The predicted octanol–water partition coefficient (Wildman–Crippen LogP) is -0.334. The minimum atomic E-state index is 0.0503. The van der Waals surface area contributed by atoms with Crippen LogP contribution in [0.2, 0.25) is 0 Å². The summed E-state index contributed by atoms with van der Waals surface area (Å²) < 4.78 is 0. The van der Waals surface area contributed by atoms with Gasteiger partial charge in [-0.2, -0.15) is 0 Å². The van der Waals surface area contributed by atoms with Gasteiger partial charge in [0.05, 0.1) is 13.1 Å². The van der Waals surface area contributed by atoms with Gasteiger partial charge in [-0.3, -0.25) is 9.69 Å². The summed E-state index contributed by atoms with van der Waals surface area (Å²) in [6.45, 7) is 6.28. The minimum Gasteiger partial charge on any atom is -0.344 e. The smallest absolute Gasteiger partial charge is 0.234 e. The molecule has 0 aromatic rings. The van der Waals surface area contributed by atoms with Gasteiger partial charge in [0.2, 0.25) is 5.91 Å². The molecular formula is C13H21N3O. The Bertz CT molecular complexity index is 323. The Balaban J connectivity index is 1.89. The normalized spacial score (nSPS) is 32.1. The number of terminal acetylenes is 1. The highest BCUT2D eigenvalue weighted by Gasteiger charge is 2.43. The van der Waals surface area contributed by atoms with Gasteiger partial charge in [0.15, 0.2) is 0 Å². The van der Waals surface area contributed by atoms with E-state index >= 15 is 0 Å². The van der Waals surface area contributed by atoms with Gasteiger partial charge >= 0.3 is 0 Å². The van der Waals surface area contributed by atoms with Crippen LogP contribution in [0.3, 0.4) is 0 Å². The lowest BCUT2D eigenvalue weighted by Gasteiger charge is -2.25. The zero-order valence-corrected chi connectivity index (χ0v) is 10.4. The molecule has 2 heterocycles. The third-order valence-electron chi connectivity index (χ3n) is 3.98. The molecule has 0 bridgehead atoms. The summed E-state index contributed by atoms with van der Waals surface area (Å²) in [5, 5.41) is 6.18. The number of rotatable bonds is 4. The van der Waals surface area contributed by atoms with Gasteiger partial charge in [0.1, 0.15) is 0 Å². The van der Waals surface area contributed by atoms with Crippen molar-refractivity contribution in [2.24, 2.45) is 11.8 Å². The van der Waals surface area contributed by atoms with Gasteiger partial charge in [-0.1, -0.05) is 12.8 Å². The summed E-state index contributed by atoms with van der Waals surface area (Å²) in [6, 6.07) is 0.548. The highest BCUT2D eigenvalue weighted by atomic mass is 16.2. The monoisotopic (exact) mass is 235 g/mol. The molecule has 2 rings (SSSR count). The Labute approximate surface area is 103 Å². The molecule has 0 aromatic carbocycles. The van der Waals surface area contributed by atoms with Gasteiger partial charge in [-0.25, -0.2) is 0 Å². The van der Waals surface area contributed by atoms with Crippen molar-refractivity contribution in [3.8, 4) is 12.3 Å². The summed E-state index contributed by atoms with van der Waals surface area (Å²) in [7, 11) is 0. The molecule has 0 saturated carbocycles. The molecule has 2 N–H and O–H groups in total. The highest BCUT2D eigenvalue weighted by Crippen LogP contribution is 2.33. The molecule has 94 valence electrons. The zero-order valence-electron chi connectivity index (χ0n) is 10.4. The van der Waals surface area contributed by atoms with E-state index in [9.17, 15) is 4.79 Å². The van der Waals surface area contributed by atoms with E-state index in [1.807, 2.05) is 0 Å². The van der Waals surface area contributed by atoms with Crippen LogP contribution < -0.4 is 10.6 Å². The number of hydrogen-bond acceptors (Lipinski definition) is 3. The number of nitrogens with zero attached hydrogens (tertiary/aromatic N) is 1. The number of carbonyl (C=O) groups is 1. The molecule has 1 amide bonds. The fraction of sp³-hybridized carbons (Fsp3) is 0.769. The maximum Gasteiger partial charge on any atom is 0.234 e. The van der Waals surface area contributed by atoms with E-state index in [0.717, 1.165) is 37.9 Å². The largest absolute Gasteiger partial charge is 0.344 e. The van der Waals surface area contributed by atoms with Crippen molar-refractivity contribution in [3.63, 3.8) is 0 Å². The summed E-state index contributed by atoms with van der Waals surface area (Å²) in [6.07, 6.45) is 6.24. The number of likely N-dealkylation sites (tertiary alicyclic amines) is 1. The lowest BCUT2D eigenvalue weighted by Crippen LogP contribution is -2.42. The van der Waals surface area contributed by atoms with Crippen molar-refractivity contribution in [1.29, 1.82) is 0 Å². The van der Waals surface area contributed by atoms with Crippen LogP contribution >= 0.6 is 0 Å². The van der Waals surface area contributed by atoms with Gasteiger partial charge in [0, 0.05) is 12.6 Å². The molecule has 2 saturated heterocycles. The van der Waals surface area contributed by atoms with Crippen molar-refractivity contribution >= 4 is 5.91 Å². The van der Waals surface area contributed by atoms with E-state index in [1.54, 1.807) is 0 Å². The predicted molar refractivity (Wildman–Crippen MR) is 67.3 cm³/mol. The molecule has 2 aliphatic rings. The van der Waals surface area contributed by atoms with E-state index in [2.05, 4.69) is 28.4 Å². The minimum absolute atomic E-state index is 0.0503. The van der Waals surface area contributed by atoms with E-state index in [-0.39, 0.29) is 5.91 Å². The van der Waals surface area contributed by atoms with Gasteiger partial charge < -0.3 is 10.6 Å². The Kier molecular flexibility index (Phi) is 4.03. The molecule has 0 aromatic heterocycles. The van der Waals surface area contributed by atoms with E-state index in [0.29, 0.717) is 19.1 Å². The molecule has 0 spiro atoms. The molecule has 17 heavy (non-hydrogen) atoms. The second kappa shape index (κ2) is 5.52. The summed E-state index contributed by atoms with van der Waals surface area (Å²) >= 11 is 0. The van der Waals surface area contributed by atoms with Crippen LogP contribution in [0.1, 0.15) is 13.3 Å². The number of amides is 1. The summed E-state index contributed by atoms with van der Waals surface area (Å²) in [5.74, 6) is 3.92. The number of carbonyl (C=O) groups excluding carboxylic acids is 1. The van der Waals surface area contributed by atoms with E-state index in [1.165, 1.54) is 0 Å². The van der Waals surface area contributed by atoms with Crippen LogP contribution in [0.15, 0.2) is 0 Å². The Morgan fingerprint density at radius 2 is 2.41 bits per heavy atom. The molecule has 3 atom stereocenters. The van der Waals surface area contributed by atoms with Crippen molar-refractivity contribution in [2.75, 3.05) is 32.7 Å². The first-order valence-electron chi connectivity index (χ1n) is 6.41. The molecule has 0 radical (unpaired) electrons. The van der Waals surface area contributed by atoms with Crippen LogP contribution in [0, 0.1) is 24.2 Å². The quantitative estimate of drug-likeness (QED) is 0.656. The second-order valence-electron chi connectivity index (χ2n) is 4.97. The average molecular weight is 235 g/mol. The summed E-state index contributed by atoms with van der Waals surface area (Å²) in [4.78, 5) is 14.0. The van der Waals surface area contributed by atoms with Crippen LogP contribution in [-0.4, -0.2) is 49.6 Å². The van der Waals surface area contributed by atoms with Crippen molar-refractivity contribution < 1.29 is 4.79 Å². The lowest BCUT2D eigenvalue weighted by molar-refractivity contribution is -0.122. The SMILES string of the molecule is C#CCNC(=O)CN1CC2CNCC2C1CC.